The van der Waals surface area contributed by atoms with Gasteiger partial charge in [0.25, 0.3) is 0 Å². The van der Waals surface area contributed by atoms with Crippen molar-refractivity contribution < 1.29 is 0 Å². The first-order valence-corrected chi connectivity index (χ1v) is 8.71. The first-order valence-electron chi connectivity index (χ1n) is 5.64. The fourth-order valence-corrected chi connectivity index (χ4v) is 3.41. The van der Waals surface area contributed by atoms with Gasteiger partial charge in [0, 0.05) is 9.80 Å². The topological polar surface area (TPSA) is 0 Å². The first-order chi connectivity index (χ1) is 7.76. The molecule has 0 aliphatic rings. The Bertz CT molecular complexity index is 302. The van der Waals surface area contributed by atoms with Gasteiger partial charge in [-0.25, -0.2) is 0 Å². The summed E-state index contributed by atoms with van der Waals surface area (Å²) in [5.74, 6) is 3.26. The minimum absolute atomic E-state index is 0.758. The van der Waals surface area contributed by atoms with Crippen molar-refractivity contribution in [1.82, 2.24) is 0 Å². The smallest absolute Gasteiger partial charge is 0.0177 e. The molecule has 0 amide bonds. The van der Waals surface area contributed by atoms with E-state index < -0.39 is 0 Å². The predicted molar refractivity (Wildman–Crippen MR) is 82.7 cm³/mol. The van der Waals surface area contributed by atoms with E-state index in [-0.39, 0.29) is 0 Å². The lowest BCUT2D eigenvalue weighted by atomic mass is 9.99. The number of rotatable bonds is 7. The third-order valence-corrected chi connectivity index (χ3v) is 4.85. The van der Waals surface area contributed by atoms with Gasteiger partial charge in [0.15, 0.2) is 0 Å². The van der Waals surface area contributed by atoms with Gasteiger partial charge in [0.2, 0.25) is 0 Å². The average Bonchev–Trinajstić information content (AvgIpc) is 2.28. The molecule has 0 fully saturated rings. The predicted octanol–water partition coefficient (Wildman–Crippen LogP) is 5.15. The maximum Gasteiger partial charge on any atom is 0.0177 e. The maximum atomic E-state index is 3.62. The van der Waals surface area contributed by atoms with Crippen molar-refractivity contribution in [2.75, 3.05) is 16.8 Å². The summed E-state index contributed by atoms with van der Waals surface area (Å²) in [6.45, 7) is 2.22. The number of thioether (sulfide) groups is 1. The highest BCUT2D eigenvalue weighted by Gasteiger charge is 2.08. The van der Waals surface area contributed by atoms with E-state index in [2.05, 4.69) is 63.0 Å². The van der Waals surface area contributed by atoms with Crippen LogP contribution < -0.4 is 0 Å². The highest BCUT2D eigenvalue weighted by Crippen LogP contribution is 2.20. The van der Waals surface area contributed by atoms with Crippen LogP contribution >= 0.6 is 43.6 Å². The number of alkyl halides is 1. The van der Waals surface area contributed by atoms with Crippen LogP contribution in [0, 0.1) is 5.92 Å². The fourth-order valence-electron chi connectivity index (χ4n) is 1.63. The van der Waals surface area contributed by atoms with Gasteiger partial charge in [0.1, 0.15) is 0 Å². The summed E-state index contributed by atoms with van der Waals surface area (Å²) in [5, 5.41) is 1.10. The van der Waals surface area contributed by atoms with Gasteiger partial charge in [-0.15, -0.1) is 0 Å². The Labute approximate surface area is 120 Å². The molecule has 0 heterocycles. The lowest BCUT2D eigenvalue weighted by Gasteiger charge is -2.13. The quantitative estimate of drug-likeness (QED) is 0.475. The van der Waals surface area contributed by atoms with E-state index in [1.165, 1.54) is 34.4 Å². The molecule has 1 aromatic carbocycles. The van der Waals surface area contributed by atoms with E-state index in [1.54, 1.807) is 0 Å². The van der Waals surface area contributed by atoms with Gasteiger partial charge in [-0.2, -0.15) is 11.8 Å². The molecule has 0 spiro atoms. The Hall–Kier alpha value is 0.530. The summed E-state index contributed by atoms with van der Waals surface area (Å²) in [5.41, 5.74) is 1.43. The number of halogens is 2. The second-order valence-corrected chi connectivity index (χ2v) is 6.80. The monoisotopic (exact) mass is 364 g/mol. The van der Waals surface area contributed by atoms with E-state index in [0.717, 1.165) is 11.2 Å². The van der Waals surface area contributed by atoms with Crippen molar-refractivity contribution in [3.8, 4) is 0 Å². The molecule has 0 bridgehead atoms. The molecule has 0 N–H and O–H groups in total. The van der Waals surface area contributed by atoms with E-state index in [0.29, 0.717) is 0 Å². The number of benzene rings is 1. The molecule has 16 heavy (non-hydrogen) atoms. The molecule has 1 atom stereocenters. The number of hydrogen-bond donors (Lipinski definition) is 0. The van der Waals surface area contributed by atoms with E-state index >= 15 is 0 Å². The van der Waals surface area contributed by atoms with Crippen LogP contribution in [0.3, 0.4) is 0 Å². The van der Waals surface area contributed by atoms with Crippen LogP contribution in [0.25, 0.3) is 0 Å². The van der Waals surface area contributed by atoms with Gasteiger partial charge < -0.3 is 0 Å². The molecule has 0 saturated heterocycles. The normalized spacial score (nSPS) is 12.7. The second-order valence-electron chi connectivity index (χ2n) is 3.84. The molecule has 3 heteroatoms. The summed E-state index contributed by atoms with van der Waals surface area (Å²) in [4.78, 5) is 0. The largest absolute Gasteiger partial charge is 0.162 e. The lowest BCUT2D eigenvalue weighted by molar-refractivity contribution is 0.578. The molecule has 0 aliphatic carbocycles. The molecular formula is C13H18Br2S. The minimum Gasteiger partial charge on any atom is -0.162 e. The maximum absolute atomic E-state index is 3.62. The van der Waals surface area contributed by atoms with Gasteiger partial charge in [-0.1, -0.05) is 50.9 Å². The Balaban J connectivity index is 2.43. The van der Waals surface area contributed by atoms with Crippen LogP contribution in [0.5, 0.6) is 0 Å². The Morgan fingerprint density at radius 1 is 1.38 bits per heavy atom. The molecule has 0 aliphatic heterocycles. The van der Waals surface area contributed by atoms with Gasteiger partial charge in [-0.05, 0) is 48.0 Å². The fraction of sp³-hybridized carbons (Fsp3) is 0.538. The summed E-state index contributed by atoms with van der Waals surface area (Å²) >= 11 is 9.18. The average molecular weight is 366 g/mol. The molecule has 0 nitrogen and oxygen atoms in total. The lowest BCUT2D eigenvalue weighted by Crippen LogP contribution is -2.07. The van der Waals surface area contributed by atoms with Crippen LogP contribution in [-0.2, 0) is 6.42 Å². The third kappa shape index (κ3) is 5.74. The molecule has 1 unspecified atom stereocenters. The summed E-state index contributed by atoms with van der Waals surface area (Å²) in [6.07, 6.45) is 2.48. The zero-order valence-electron chi connectivity index (χ0n) is 9.59. The number of hydrogen-bond acceptors (Lipinski definition) is 1. The second kappa shape index (κ2) is 8.60. The van der Waals surface area contributed by atoms with Crippen molar-refractivity contribution in [3.05, 3.63) is 34.3 Å². The van der Waals surface area contributed by atoms with Crippen molar-refractivity contribution in [1.29, 1.82) is 0 Å². The standard InChI is InChI=1S/C13H18Br2S/c1-2-16-7-6-12(10-14)8-11-4-3-5-13(15)9-11/h3-5,9,12H,2,6-8,10H2,1H3. The summed E-state index contributed by atoms with van der Waals surface area (Å²) in [7, 11) is 0. The van der Waals surface area contributed by atoms with Crippen LogP contribution in [0.4, 0.5) is 0 Å². The van der Waals surface area contributed by atoms with Crippen LogP contribution in [-0.4, -0.2) is 16.8 Å². The Kier molecular flexibility index (Phi) is 7.84. The van der Waals surface area contributed by atoms with Crippen molar-refractivity contribution in [2.24, 2.45) is 5.92 Å². The van der Waals surface area contributed by atoms with Gasteiger partial charge >= 0.3 is 0 Å². The molecule has 1 rings (SSSR count). The molecule has 0 aromatic heterocycles. The van der Waals surface area contributed by atoms with Crippen molar-refractivity contribution >= 4 is 43.6 Å². The summed E-state index contributed by atoms with van der Waals surface area (Å²) in [6, 6.07) is 8.64. The van der Waals surface area contributed by atoms with Gasteiger partial charge in [-0.3, -0.25) is 0 Å². The molecule has 0 saturated carbocycles. The minimum atomic E-state index is 0.758. The van der Waals surface area contributed by atoms with E-state index in [4.69, 9.17) is 0 Å². The molecule has 90 valence electrons. The third-order valence-electron chi connectivity index (χ3n) is 2.51. The van der Waals surface area contributed by atoms with Crippen LogP contribution in [0.2, 0.25) is 0 Å². The first kappa shape index (κ1) is 14.6. The molecule has 0 radical (unpaired) electrons. The summed E-state index contributed by atoms with van der Waals surface area (Å²) < 4.78 is 1.18. The van der Waals surface area contributed by atoms with Crippen molar-refractivity contribution in [2.45, 2.75) is 19.8 Å². The highest BCUT2D eigenvalue weighted by atomic mass is 79.9. The zero-order chi connectivity index (χ0) is 11.8. The SMILES string of the molecule is CCSCCC(CBr)Cc1cccc(Br)c1. The highest BCUT2D eigenvalue weighted by molar-refractivity contribution is 9.10. The van der Waals surface area contributed by atoms with Crippen molar-refractivity contribution in [3.63, 3.8) is 0 Å². The van der Waals surface area contributed by atoms with E-state index in [1.807, 2.05) is 11.8 Å². The van der Waals surface area contributed by atoms with Crippen LogP contribution in [0.1, 0.15) is 18.9 Å². The molecule has 1 aromatic rings. The Morgan fingerprint density at radius 3 is 2.81 bits per heavy atom. The van der Waals surface area contributed by atoms with Gasteiger partial charge in [0.05, 0.1) is 0 Å². The molecular weight excluding hydrogens is 348 g/mol. The van der Waals surface area contributed by atoms with E-state index in [9.17, 15) is 0 Å². The Morgan fingerprint density at radius 2 is 2.19 bits per heavy atom. The zero-order valence-corrected chi connectivity index (χ0v) is 13.6. The van der Waals surface area contributed by atoms with Crippen LogP contribution in [0.15, 0.2) is 28.7 Å².